The van der Waals surface area contributed by atoms with Crippen molar-refractivity contribution in [2.45, 2.75) is 37.8 Å². The second-order valence-corrected chi connectivity index (χ2v) is 8.86. The van der Waals surface area contributed by atoms with Crippen LogP contribution in [0.5, 0.6) is 0 Å². The van der Waals surface area contributed by atoms with E-state index in [4.69, 9.17) is 11.6 Å². The first-order chi connectivity index (χ1) is 16.4. The predicted molar refractivity (Wildman–Crippen MR) is 125 cm³/mol. The van der Waals surface area contributed by atoms with Gasteiger partial charge in [0.1, 0.15) is 11.5 Å². The van der Waals surface area contributed by atoms with E-state index in [0.29, 0.717) is 23.1 Å². The van der Waals surface area contributed by atoms with Gasteiger partial charge in [0.05, 0.1) is 11.7 Å². The Kier molecular flexibility index (Phi) is 5.91. The zero-order chi connectivity index (χ0) is 23.8. The van der Waals surface area contributed by atoms with Gasteiger partial charge in [0, 0.05) is 47.5 Å². The molecule has 0 spiro atoms. The van der Waals surface area contributed by atoms with Gasteiger partial charge in [-0.1, -0.05) is 11.6 Å². The number of aromatic amines is 1. The van der Waals surface area contributed by atoms with E-state index in [0.717, 1.165) is 25.5 Å². The molecule has 0 unspecified atom stereocenters. The normalized spacial score (nSPS) is 18.2. The van der Waals surface area contributed by atoms with Gasteiger partial charge >= 0.3 is 0 Å². The fraction of sp³-hybridized carbons (Fsp3) is 0.304. The number of aromatic nitrogens is 5. The Morgan fingerprint density at radius 1 is 1.24 bits per heavy atom. The maximum absolute atomic E-state index is 14.6. The Balaban J connectivity index is 1.33. The average molecular weight is 486 g/mol. The van der Waals surface area contributed by atoms with Crippen molar-refractivity contribution in [3.8, 4) is 11.4 Å². The van der Waals surface area contributed by atoms with E-state index in [1.807, 2.05) is 0 Å². The fourth-order valence-electron chi connectivity index (χ4n) is 4.44. The number of carbonyl (C=O) groups excluding carboxylic acids is 1. The number of aryl methyl sites for hydroxylation is 1. The molecular formula is C23H22ClF2N7O. The van der Waals surface area contributed by atoms with Crippen molar-refractivity contribution in [1.29, 1.82) is 0 Å². The van der Waals surface area contributed by atoms with Crippen LogP contribution in [0.4, 0.5) is 14.6 Å². The molecule has 4 aromatic rings. The van der Waals surface area contributed by atoms with Gasteiger partial charge in [0.25, 0.3) is 5.91 Å². The summed E-state index contributed by atoms with van der Waals surface area (Å²) in [5.74, 6) is -0.963. The number of rotatable bonds is 5. The SMILES string of the molecule is Cn1nccc1C(=O)N[C@@H]1CCC[C@H](Nc2nc(-c3c[nH]c4c(F)cc(Cl)cc34)ncc2F)C1. The lowest BCUT2D eigenvalue weighted by molar-refractivity contribution is 0.0917. The Hall–Kier alpha value is -3.53. The second kappa shape index (κ2) is 9.02. The van der Waals surface area contributed by atoms with Crippen LogP contribution in [-0.2, 0) is 7.05 Å². The molecule has 3 aromatic heterocycles. The van der Waals surface area contributed by atoms with Crippen molar-refractivity contribution in [3.05, 3.63) is 59.1 Å². The van der Waals surface area contributed by atoms with Gasteiger partial charge in [-0.25, -0.2) is 18.7 Å². The lowest BCUT2D eigenvalue weighted by Crippen LogP contribution is -2.42. The smallest absolute Gasteiger partial charge is 0.269 e. The molecule has 3 heterocycles. The van der Waals surface area contributed by atoms with Crippen LogP contribution in [-0.4, -0.2) is 42.7 Å². The van der Waals surface area contributed by atoms with Crippen molar-refractivity contribution in [2.75, 3.05) is 5.32 Å². The van der Waals surface area contributed by atoms with Crippen LogP contribution in [0.1, 0.15) is 36.2 Å². The van der Waals surface area contributed by atoms with E-state index in [1.165, 1.54) is 10.7 Å². The summed E-state index contributed by atoms with van der Waals surface area (Å²) in [6.45, 7) is 0. The third-order valence-electron chi connectivity index (χ3n) is 6.09. The molecule has 1 aliphatic rings. The lowest BCUT2D eigenvalue weighted by Gasteiger charge is -2.30. The highest BCUT2D eigenvalue weighted by Gasteiger charge is 2.26. The third-order valence-corrected chi connectivity index (χ3v) is 6.31. The molecule has 0 saturated heterocycles. The fourth-order valence-corrected chi connectivity index (χ4v) is 4.64. The minimum absolute atomic E-state index is 0.0586. The highest BCUT2D eigenvalue weighted by molar-refractivity contribution is 6.31. The predicted octanol–water partition coefficient (Wildman–Crippen LogP) is 4.44. The highest BCUT2D eigenvalue weighted by Crippen LogP contribution is 2.31. The number of halogens is 3. The molecule has 34 heavy (non-hydrogen) atoms. The number of H-pyrrole nitrogens is 1. The number of hydrogen-bond acceptors (Lipinski definition) is 5. The molecule has 0 bridgehead atoms. The Morgan fingerprint density at radius 3 is 2.85 bits per heavy atom. The van der Waals surface area contributed by atoms with Crippen molar-refractivity contribution < 1.29 is 13.6 Å². The molecule has 176 valence electrons. The molecule has 11 heteroatoms. The van der Waals surface area contributed by atoms with Crippen LogP contribution < -0.4 is 10.6 Å². The largest absolute Gasteiger partial charge is 0.365 e. The molecule has 1 saturated carbocycles. The minimum atomic E-state index is -0.589. The topological polar surface area (TPSA) is 101 Å². The van der Waals surface area contributed by atoms with Gasteiger partial charge in [-0.05, 0) is 43.9 Å². The minimum Gasteiger partial charge on any atom is -0.365 e. The van der Waals surface area contributed by atoms with E-state index in [-0.39, 0.29) is 40.2 Å². The number of carbonyl (C=O) groups is 1. The number of nitrogens with one attached hydrogen (secondary N) is 3. The number of fused-ring (bicyclic) bond motifs is 1. The molecule has 1 aliphatic carbocycles. The van der Waals surface area contributed by atoms with Crippen LogP contribution in [0.3, 0.4) is 0 Å². The van der Waals surface area contributed by atoms with Gasteiger partial charge in [0.2, 0.25) is 0 Å². The zero-order valence-corrected chi connectivity index (χ0v) is 19.0. The first-order valence-electron chi connectivity index (χ1n) is 10.9. The highest BCUT2D eigenvalue weighted by atomic mass is 35.5. The van der Waals surface area contributed by atoms with E-state index >= 15 is 0 Å². The van der Waals surface area contributed by atoms with Crippen LogP contribution in [0.15, 0.2) is 36.8 Å². The molecule has 0 radical (unpaired) electrons. The quantitative estimate of drug-likeness (QED) is 0.388. The van der Waals surface area contributed by atoms with Crippen LogP contribution in [0, 0.1) is 11.6 Å². The van der Waals surface area contributed by atoms with E-state index in [1.54, 1.807) is 31.6 Å². The summed E-state index contributed by atoms with van der Waals surface area (Å²) < 4.78 is 30.3. The molecule has 1 aromatic carbocycles. The van der Waals surface area contributed by atoms with Gasteiger partial charge in [-0.2, -0.15) is 5.10 Å². The molecule has 2 atom stereocenters. The summed E-state index contributed by atoms with van der Waals surface area (Å²) in [5.41, 5.74) is 1.28. The molecule has 1 fully saturated rings. The molecule has 0 aliphatic heterocycles. The lowest BCUT2D eigenvalue weighted by atomic mass is 9.91. The molecule has 5 rings (SSSR count). The van der Waals surface area contributed by atoms with Crippen LogP contribution in [0.2, 0.25) is 5.02 Å². The third kappa shape index (κ3) is 4.33. The second-order valence-electron chi connectivity index (χ2n) is 8.42. The maximum atomic E-state index is 14.6. The summed E-state index contributed by atoms with van der Waals surface area (Å²) in [4.78, 5) is 23.9. The number of hydrogen-bond donors (Lipinski definition) is 3. The molecule has 8 nitrogen and oxygen atoms in total. The first-order valence-corrected chi connectivity index (χ1v) is 11.3. The maximum Gasteiger partial charge on any atom is 0.269 e. The van der Waals surface area contributed by atoms with E-state index in [9.17, 15) is 13.6 Å². The van der Waals surface area contributed by atoms with Gasteiger partial charge in [0.15, 0.2) is 17.5 Å². The van der Waals surface area contributed by atoms with E-state index in [2.05, 4.69) is 30.7 Å². The standard InChI is InChI=1S/C23H22ClF2N7O/c1-33-19(5-6-29-33)23(34)31-14-4-2-3-13(9-14)30-22-18(26)11-28-21(32-22)16-10-27-20-15(16)7-12(24)8-17(20)25/h5-8,10-11,13-14,27H,2-4,9H2,1H3,(H,31,34)(H,28,30,32)/t13-,14+/m0/s1. The molecular weight excluding hydrogens is 464 g/mol. The number of amides is 1. The summed E-state index contributed by atoms with van der Waals surface area (Å²) >= 11 is 6.01. The van der Waals surface area contributed by atoms with Crippen molar-refractivity contribution in [3.63, 3.8) is 0 Å². The molecule has 3 N–H and O–H groups in total. The number of anilines is 1. The summed E-state index contributed by atoms with van der Waals surface area (Å²) in [6.07, 6.45) is 7.38. The van der Waals surface area contributed by atoms with E-state index < -0.39 is 11.6 Å². The Bertz CT molecular complexity index is 1370. The average Bonchev–Trinajstić information content (AvgIpc) is 3.42. The first kappa shape index (κ1) is 22.3. The van der Waals surface area contributed by atoms with Gasteiger partial charge < -0.3 is 15.6 Å². The Labute approximate surface area is 198 Å². The summed E-state index contributed by atoms with van der Waals surface area (Å²) in [7, 11) is 1.71. The van der Waals surface area contributed by atoms with Crippen molar-refractivity contribution >= 4 is 34.2 Å². The summed E-state index contributed by atoms with van der Waals surface area (Å²) in [5, 5.41) is 11.0. The molecule has 1 amide bonds. The van der Waals surface area contributed by atoms with Crippen molar-refractivity contribution in [1.82, 2.24) is 30.0 Å². The van der Waals surface area contributed by atoms with Crippen LogP contribution >= 0.6 is 11.6 Å². The Morgan fingerprint density at radius 2 is 2.06 bits per heavy atom. The zero-order valence-electron chi connectivity index (χ0n) is 18.3. The van der Waals surface area contributed by atoms with Gasteiger partial charge in [-0.15, -0.1) is 0 Å². The van der Waals surface area contributed by atoms with Crippen LogP contribution in [0.25, 0.3) is 22.3 Å². The number of benzene rings is 1. The summed E-state index contributed by atoms with van der Waals surface area (Å²) in [6, 6.07) is 4.35. The van der Waals surface area contributed by atoms with Crippen molar-refractivity contribution in [2.24, 2.45) is 7.05 Å². The monoisotopic (exact) mass is 485 g/mol. The number of nitrogens with zero attached hydrogens (tertiary/aromatic N) is 4. The van der Waals surface area contributed by atoms with Gasteiger partial charge in [-0.3, -0.25) is 9.48 Å².